The zero-order valence-electron chi connectivity index (χ0n) is 10.5. The maximum atomic E-state index is 13.3. The molecule has 20 heavy (non-hydrogen) atoms. The summed E-state index contributed by atoms with van der Waals surface area (Å²) in [4.78, 5) is 7.91. The van der Waals surface area contributed by atoms with Gasteiger partial charge in [0.15, 0.2) is 5.82 Å². The number of halogens is 4. The first-order valence-corrected chi connectivity index (χ1v) is 5.81. The summed E-state index contributed by atoms with van der Waals surface area (Å²) in [6.45, 7) is 1.82. The van der Waals surface area contributed by atoms with Crippen LogP contribution in [0.3, 0.4) is 0 Å². The van der Waals surface area contributed by atoms with Crippen LogP contribution in [-0.4, -0.2) is 9.97 Å². The number of aromatic nitrogens is 2. The van der Waals surface area contributed by atoms with Crippen molar-refractivity contribution in [2.24, 2.45) is 0 Å². The van der Waals surface area contributed by atoms with Gasteiger partial charge in [0, 0.05) is 17.3 Å². The number of rotatable bonds is 2. The van der Waals surface area contributed by atoms with E-state index in [9.17, 15) is 17.6 Å². The first kappa shape index (κ1) is 14.2. The summed E-state index contributed by atoms with van der Waals surface area (Å²) in [5, 5.41) is 0. The molecule has 3 nitrogen and oxygen atoms in total. The predicted octanol–water partition coefficient (Wildman–Crippen LogP) is 3.45. The highest BCUT2D eigenvalue weighted by Gasteiger charge is 2.31. The van der Waals surface area contributed by atoms with Crippen molar-refractivity contribution in [2.75, 3.05) is 5.73 Å². The molecule has 0 aliphatic rings. The van der Waals surface area contributed by atoms with E-state index in [-0.39, 0.29) is 17.2 Å². The topological polar surface area (TPSA) is 51.8 Å². The largest absolute Gasteiger partial charge is 0.416 e. The molecule has 2 aromatic rings. The van der Waals surface area contributed by atoms with Gasteiger partial charge in [-0.05, 0) is 24.6 Å². The molecule has 1 aromatic carbocycles. The fourth-order valence-corrected chi connectivity index (χ4v) is 1.71. The Morgan fingerprint density at radius 3 is 2.40 bits per heavy atom. The number of benzene rings is 1. The Morgan fingerprint density at radius 1 is 1.10 bits per heavy atom. The van der Waals surface area contributed by atoms with Crippen LogP contribution in [0.1, 0.15) is 18.2 Å². The monoisotopic (exact) mass is 285 g/mol. The van der Waals surface area contributed by atoms with Crippen molar-refractivity contribution in [1.82, 2.24) is 9.97 Å². The number of alkyl halides is 3. The summed E-state index contributed by atoms with van der Waals surface area (Å²) in [5.41, 5.74) is 5.00. The van der Waals surface area contributed by atoms with Gasteiger partial charge in [0.2, 0.25) is 0 Å². The van der Waals surface area contributed by atoms with Gasteiger partial charge in [0.1, 0.15) is 11.6 Å². The molecule has 0 aliphatic carbocycles. The molecule has 0 aliphatic heterocycles. The van der Waals surface area contributed by atoms with Crippen LogP contribution in [0.4, 0.5) is 23.4 Å². The summed E-state index contributed by atoms with van der Waals surface area (Å²) in [6.07, 6.45) is -4.09. The van der Waals surface area contributed by atoms with Gasteiger partial charge in [0.25, 0.3) is 0 Å². The molecule has 2 N–H and O–H groups in total. The van der Waals surface area contributed by atoms with Crippen LogP contribution in [0.15, 0.2) is 24.3 Å². The van der Waals surface area contributed by atoms with Crippen molar-refractivity contribution >= 4 is 5.82 Å². The summed E-state index contributed by atoms with van der Waals surface area (Å²) in [7, 11) is 0. The molecule has 0 saturated heterocycles. The molecule has 0 bridgehead atoms. The lowest BCUT2D eigenvalue weighted by Crippen LogP contribution is -2.06. The van der Waals surface area contributed by atoms with E-state index < -0.39 is 17.6 Å². The van der Waals surface area contributed by atoms with Gasteiger partial charge in [-0.15, -0.1) is 0 Å². The van der Waals surface area contributed by atoms with Gasteiger partial charge in [-0.1, -0.05) is 6.92 Å². The summed E-state index contributed by atoms with van der Waals surface area (Å²) < 4.78 is 51.3. The third kappa shape index (κ3) is 3.04. The smallest absolute Gasteiger partial charge is 0.384 e. The molecule has 0 radical (unpaired) electrons. The summed E-state index contributed by atoms with van der Waals surface area (Å²) in [6, 6.07) is 3.70. The number of nitrogens with two attached hydrogens (primary N) is 1. The molecule has 0 fully saturated rings. The molecule has 2 rings (SSSR count). The lowest BCUT2D eigenvalue weighted by Gasteiger charge is -2.10. The van der Waals surface area contributed by atoms with Crippen LogP contribution in [0.5, 0.6) is 0 Å². The lowest BCUT2D eigenvalue weighted by molar-refractivity contribution is -0.137. The average Bonchev–Trinajstić information content (AvgIpc) is 2.36. The molecule has 0 amide bonds. The molecule has 106 valence electrons. The van der Waals surface area contributed by atoms with Gasteiger partial charge >= 0.3 is 6.18 Å². The van der Waals surface area contributed by atoms with Crippen molar-refractivity contribution in [3.63, 3.8) is 0 Å². The van der Waals surface area contributed by atoms with Crippen LogP contribution >= 0.6 is 0 Å². The average molecular weight is 285 g/mol. The van der Waals surface area contributed by atoms with E-state index in [1.165, 1.54) is 6.07 Å². The number of nitrogen functional groups attached to an aromatic ring is 1. The lowest BCUT2D eigenvalue weighted by atomic mass is 10.1. The van der Waals surface area contributed by atoms with Gasteiger partial charge in [-0.2, -0.15) is 13.2 Å². The summed E-state index contributed by atoms with van der Waals surface area (Å²) >= 11 is 0. The molecule has 1 aromatic heterocycles. The van der Waals surface area contributed by atoms with Gasteiger partial charge < -0.3 is 5.73 Å². The van der Waals surface area contributed by atoms with Gasteiger partial charge in [-0.3, -0.25) is 0 Å². The van der Waals surface area contributed by atoms with Crippen molar-refractivity contribution < 1.29 is 17.6 Å². The SMILES string of the molecule is CCc1cc(N)nc(-c2cc(F)cc(C(F)(F)F)c2)n1. The third-order valence-electron chi connectivity index (χ3n) is 2.64. The maximum Gasteiger partial charge on any atom is 0.416 e. The van der Waals surface area contributed by atoms with Gasteiger partial charge in [-0.25, -0.2) is 14.4 Å². The predicted molar refractivity (Wildman–Crippen MR) is 66.2 cm³/mol. The second kappa shape index (κ2) is 5.07. The normalized spacial score (nSPS) is 11.7. The fourth-order valence-electron chi connectivity index (χ4n) is 1.71. The van der Waals surface area contributed by atoms with E-state index in [1.54, 1.807) is 0 Å². The minimum atomic E-state index is -4.63. The summed E-state index contributed by atoms with van der Waals surface area (Å²) in [5.74, 6) is -0.893. The van der Waals surface area contributed by atoms with Crippen LogP contribution in [0, 0.1) is 5.82 Å². The van der Waals surface area contributed by atoms with Crippen molar-refractivity contribution in [3.8, 4) is 11.4 Å². The second-order valence-electron chi connectivity index (χ2n) is 4.19. The molecule has 7 heteroatoms. The first-order valence-electron chi connectivity index (χ1n) is 5.81. The van der Waals surface area contributed by atoms with E-state index in [4.69, 9.17) is 5.73 Å². The van der Waals surface area contributed by atoms with Gasteiger partial charge in [0.05, 0.1) is 5.56 Å². The molecule has 0 unspecified atom stereocenters. The van der Waals surface area contributed by atoms with Crippen molar-refractivity contribution in [1.29, 1.82) is 0 Å². The first-order chi connectivity index (χ1) is 9.29. The standard InChI is InChI=1S/C13H11F4N3/c1-2-10-6-11(18)20-12(19-10)7-3-8(13(15,16)17)5-9(14)4-7/h3-6H,2H2,1H3,(H2,18,19,20). The van der Waals surface area contributed by atoms with E-state index in [0.29, 0.717) is 18.2 Å². The van der Waals surface area contributed by atoms with E-state index in [1.807, 2.05) is 6.92 Å². The Morgan fingerprint density at radius 2 is 1.80 bits per heavy atom. The highest BCUT2D eigenvalue weighted by molar-refractivity contribution is 5.58. The zero-order valence-corrected chi connectivity index (χ0v) is 10.5. The van der Waals surface area contributed by atoms with Crippen molar-refractivity contribution in [3.05, 3.63) is 41.3 Å². The van der Waals surface area contributed by atoms with E-state index in [0.717, 1.165) is 12.1 Å². The Hall–Kier alpha value is -2.18. The molecule has 0 spiro atoms. The number of anilines is 1. The van der Waals surface area contributed by atoms with Crippen LogP contribution in [-0.2, 0) is 12.6 Å². The van der Waals surface area contributed by atoms with Crippen molar-refractivity contribution in [2.45, 2.75) is 19.5 Å². The number of hydrogen-bond acceptors (Lipinski definition) is 3. The minimum absolute atomic E-state index is 0.0214. The quantitative estimate of drug-likeness (QED) is 0.860. The zero-order chi connectivity index (χ0) is 14.9. The molecular weight excluding hydrogens is 274 g/mol. The second-order valence-corrected chi connectivity index (χ2v) is 4.19. The highest BCUT2D eigenvalue weighted by Crippen LogP contribution is 2.32. The Labute approximate surface area is 112 Å². The van der Waals surface area contributed by atoms with Crippen LogP contribution in [0.25, 0.3) is 11.4 Å². The molecule has 0 saturated carbocycles. The Kier molecular flexibility index (Phi) is 3.61. The minimum Gasteiger partial charge on any atom is -0.384 e. The van der Waals surface area contributed by atoms with Crippen LogP contribution in [0.2, 0.25) is 0 Å². The molecule has 0 atom stereocenters. The Balaban J connectivity index is 2.58. The van der Waals surface area contributed by atoms with E-state index in [2.05, 4.69) is 9.97 Å². The Bertz CT molecular complexity index is 638. The number of aryl methyl sites for hydroxylation is 1. The number of hydrogen-bond donors (Lipinski definition) is 1. The number of nitrogens with zero attached hydrogens (tertiary/aromatic N) is 2. The third-order valence-corrected chi connectivity index (χ3v) is 2.64. The maximum absolute atomic E-state index is 13.3. The molecule has 1 heterocycles. The van der Waals surface area contributed by atoms with Crippen LogP contribution < -0.4 is 5.73 Å². The van der Waals surface area contributed by atoms with E-state index >= 15 is 0 Å². The fraction of sp³-hybridized carbons (Fsp3) is 0.231. The highest BCUT2D eigenvalue weighted by atomic mass is 19.4. The molecular formula is C13H11F4N3.